The molecule has 1 atom stereocenters. The van der Waals surface area contributed by atoms with Gasteiger partial charge in [-0.05, 0) is 43.5 Å². The molecule has 1 aliphatic heterocycles. The molecule has 7 nitrogen and oxygen atoms in total. The van der Waals surface area contributed by atoms with Gasteiger partial charge in [-0.1, -0.05) is 12.2 Å². The molecule has 3 rings (SSSR count). The number of carbonyl (C=O) groups is 2. The van der Waals surface area contributed by atoms with Crippen LogP contribution in [0.2, 0.25) is 0 Å². The highest BCUT2D eigenvalue weighted by Crippen LogP contribution is 2.20. The number of hydrogen-bond donors (Lipinski definition) is 0. The van der Waals surface area contributed by atoms with Crippen molar-refractivity contribution in [3.8, 4) is 0 Å². The Morgan fingerprint density at radius 3 is 2.36 bits per heavy atom. The molecule has 1 saturated heterocycles. The van der Waals surface area contributed by atoms with Gasteiger partial charge in [0, 0.05) is 26.2 Å². The molecular formula is C19H23FN2O5S. The number of hydrogen-bond acceptors (Lipinski definition) is 5. The van der Waals surface area contributed by atoms with Gasteiger partial charge in [0.25, 0.3) is 5.91 Å². The largest absolute Gasteiger partial charge is 0.455 e. The summed E-state index contributed by atoms with van der Waals surface area (Å²) >= 11 is 0. The van der Waals surface area contributed by atoms with E-state index in [2.05, 4.69) is 0 Å². The molecule has 2 aliphatic rings. The average Bonchev–Trinajstić information content (AvgIpc) is 2.73. The quantitative estimate of drug-likeness (QED) is 0.543. The molecule has 28 heavy (non-hydrogen) atoms. The lowest BCUT2D eigenvalue weighted by atomic mass is 9.95. The van der Waals surface area contributed by atoms with E-state index in [0.29, 0.717) is 6.42 Å². The van der Waals surface area contributed by atoms with Crippen molar-refractivity contribution in [3.63, 3.8) is 0 Å². The molecule has 0 unspecified atom stereocenters. The van der Waals surface area contributed by atoms with Gasteiger partial charge in [-0.25, -0.2) is 12.8 Å². The molecule has 0 N–H and O–H groups in total. The summed E-state index contributed by atoms with van der Waals surface area (Å²) in [6.07, 6.45) is 6.15. The van der Waals surface area contributed by atoms with E-state index in [1.165, 1.54) is 21.3 Å². The van der Waals surface area contributed by atoms with Gasteiger partial charge in [-0.15, -0.1) is 0 Å². The minimum atomic E-state index is -3.73. The number of ether oxygens (including phenoxy) is 1. The lowest BCUT2D eigenvalue weighted by Gasteiger charge is -2.34. The zero-order valence-electron chi connectivity index (χ0n) is 15.4. The smallest absolute Gasteiger partial charge is 0.309 e. The van der Waals surface area contributed by atoms with Gasteiger partial charge >= 0.3 is 5.97 Å². The Labute approximate surface area is 163 Å². The number of allylic oxidation sites excluding steroid dienone is 2. The molecule has 0 bridgehead atoms. The van der Waals surface area contributed by atoms with Crippen molar-refractivity contribution in [1.29, 1.82) is 0 Å². The minimum Gasteiger partial charge on any atom is -0.455 e. The monoisotopic (exact) mass is 410 g/mol. The molecular weight excluding hydrogens is 387 g/mol. The number of benzene rings is 1. The van der Waals surface area contributed by atoms with Crippen LogP contribution < -0.4 is 0 Å². The van der Waals surface area contributed by atoms with E-state index < -0.39 is 15.8 Å². The fraction of sp³-hybridized carbons (Fsp3) is 0.474. The van der Waals surface area contributed by atoms with E-state index in [1.54, 1.807) is 0 Å². The van der Waals surface area contributed by atoms with E-state index in [1.807, 2.05) is 12.2 Å². The van der Waals surface area contributed by atoms with Crippen molar-refractivity contribution >= 4 is 21.9 Å². The molecule has 1 aromatic rings. The van der Waals surface area contributed by atoms with Gasteiger partial charge < -0.3 is 9.64 Å². The number of nitrogens with zero attached hydrogens (tertiary/aromatic N) is 2. The fourth-order valence-electron chi connectivity index (χ4n) is 3.28. The zero-order valence-corrected chi connectivity index (χ0v) is 16.2. The molecule has 9 heteroatoms. The Morgan fingerprint density at radius 2 is 1.75 bits per heavy atom. The van der Waals surface area contributed by atoms with Crippen LogP contribution in [0.15, 0.2) is 41.3 Å². The van der Waals surface area contributed by atoms with Crippen LogP contribution in [0.1, 0.15) is 19.3 Å². The van der Waals surface area contributed by atoms with E-state index in [-0.39, 0.29) is 55.5 Å². The van der Waals surface area contributed by atoms with Crippen LogP contribution in [-0.2, 0) is 24.3 Å². The number of amides is 1. The first kappa shape index (κ1) is 20.5. The maximum Gasteiger partial charge on any atom is 0.309 e. The van der Waals surface area contributed by atoms with Crippen molar-refractivity contribution in [1.82, 2.24) is 9.21 Å². The second-order valence-corrected chi connectivity index (χ2v) is 8.77. The highest BCUT2D eigenvalue weighted by molar-refractivity contribution is 7.89. The second kappa shape index (κ2) is 8.83. The van der Waals surface area contributed by atoms with Crippen LogP contribution in [0, 0.1) is 11.7 Å². The first-order chi connectivity index (χ1) is 13.4. The second-order valence-electron chi connectivity index (χ2n) is 6.83. The molecule has 1 fully saturated rings. The SMILES string of the molecule is O=C(OCC(=O)N1CCN(S(=O)(=O)c2ccc(F)cc2)CC1)[C@H]1CC=CCC1. The Kier molecular flexibility index (Phi) is 6.46. The van der Waals surface area contributed by atoms with E-state index >= 15 is 0 Å². The van der Waals surface area contributed by atoms with Crippen molar-refractivity contribution in [2.24, 2.45) is 5.92 Å². The lowest BCUT2D eigenvalue weighted by molar-refractivity contribution is -0.156. The van der Waals surface area contributed by atoms with Gasteiger partial charge in [-0.3, -0.25) is 9.59 Å². The molecule has 0 saturated carbocycles. The highest BCUT2D eigenvalue weighted by atomic mass is 32.2. The van der Waals surface area contributed by atoms with Crippen LogP contribution in [0.5, 0.6) is 0 Å². The number of rotatable bonds is 5. The van der Waals surface area contributed by atoms with Gasteiger partial charge in [0.2, 0.25) is 10.0 Å². The average molecular weight is 410 g/mol. The fourth-order valence-corrected chi connectivity index (χ4v) is 4.71. The van der Waals surface area contributed by atoms with Crippen LogP contribution in [0.4, 0.5) is 4.39 Å². The third-order valence-electron chi connectivity index (χ3n) is 4.98. The summed E-state index contributed by atoms with van der Waals surface area (Å²) in [5.74, 6) is -1.41. The molecule has 1 heterocycles. The summed E-state index contributed by atoms with van der Waals surface area (Å²) in [4.78, 5) is 25.8. The molecule has 1 aromatic carbocycles. The van der Waals surface area contributed by atoms with Crippen LogP contribution in [-0.4, -0.2) is 62.3 Å². The van der Waals surface area contributed by atoms with Crippen LogP contribution in [0.25, 0.3) is 0 Å². The predicted molar refractivity (Wildman–Crippen MR) is 99.2 cm³/mol. The molecule has 0 radical (unpaired) electrons. The number of carbonyl (C=O) groups excluding carboxylic acids is 2. The summed E-state index contributed by atoms with van der Waals surface area (Å²) in [5.41, 5.74) is 0. The Hall–Kier alpha value is -2.26. The summed E-state index contributed by atoms with van der Waals surface area (Å²) in [6, 6.07) is 4.65. The van der Waals surface area contributed by atoms with E-state index in [4.69, 9.17) is 4.74 Å². The summed E-state index contributed by atoms with van der Waals surface area (Å²) in [7, 11) is -3.73. The van der Waals surface area contributed by atoms with E-state index in [0.717, 1.165) is 25.0 Å². The molecule has 152 valence electrons. The summed E-state index contributed by atoms with van der Waals surface area (Å²) < 4.78 is 44.6. The number of piperazine rings is 1. The van der Waals surface area contributed by atoms with Crippen LogP contribution >= 0.6 is 0 Å². The number of halogens is 1. The van der Waals surface area contributed by atoms with Gasteiger partial charge in [0.15, 0.2) is 6.61 Å². The third kappa shape index (κ3) is 4.77. The van der Waals surface area contributed by atoms with Crippen molar-refractivity contribution in [2.75, 3.05) is 32.8 Å². The summed E-state index contributed by atoms with van der Waals surface area (Å²) in [6.45, 7) is 0.356. The maximum atomic E-state index is 13.0. The lowest BCUT2D eigenvalue weighted by Crippen LogP contribution is -2.51. The first-order valence-electron chi connectivity index (χ1n) is 9.23. The van der Waals surface area contributed by atoms with Gasteiger partial charge in [0.1, 0.15) is 5.82 Å². The molecule has 0 spiro atoms. The van der Waals surface area contributed by atoms with Gasteiger partial charge in [0.05, 0.1) is 10.8 Å². The summed E-state index contributed by atoms with van der Waals surface area (Å²) in [5, 5.41) is 0. The molecule has 1 amide bonds. The van der Waals surface area contributed by atoms with E-state index in [9.17, 15) is 22.4 Å². The number of esters is 1. The Bertz CT molecular complexity index is 846. The van der Waals surface area contributed by atoms with Crippen LogP contribution in [0.3, 0.4) is 0 Å². The standard InChI is InChI=1S/C19H23FN2O5S/c20-16-6-8-17(9-7-16)28(25,26)22-12-10-21(11-13-22)18(23)14-27-19(24)15-4-2-1-3-5-15/h1-2,6-9,15H,3-5,10-14H2/t15-/m0/s1. The van der Waals surface area contributed by atoms with Gasteiger partial charge in [-0.2, -0.15) is 4.31 Å². The van der Waals surface area contributed by atoms with Crippen molar-refractivity contribution in [3.05, 3.63) is 42.2 Å². The third-order valence-corrected chi connectivity index (χ3v) is 6.90. The predicted octanol–water partition coefficient (Wildman–Crippen LogP) is 1.56. The first-order valence-corrected chi connectivity index (χ1v) is 10.7. The Morgan fingerprint density at radius 1 is 1.07 bits per heavy atom. The molecule has 0 aromatic heterocycles. The Balaban J connectivity index is 1.49. The number of sulfonamides is 1. The normalized spacial score (nSPS) is 20.8. The zero-order chi connectivity index (χ0) is 20.1. The maximum absolute atomic E-state index is 13.0. The van der Waals surface area contributed by atoms with Crippen molar-refractivity contribution in [2.45, 2.75) is 24.2 Å². The van der Waals surface area contributed by atoms with Crippen molar-refractivity contribution < 1.29 is 27.1 Å². The highest BCUT2D eigenvalue weighted by Gasteiger charge is 2.30. The molecule has 1 aliphatic carbocycles. The topological polar surface area (TPSA) is 84.0 Å². The minimum absolute atomic E-state index is 0.0177.